The summed E-state index contributed by atoms with van der Waals surface area (Å²) >= 11 is 0. The van der Waals surface area contributed by atoms with E-state index in [4.69, 9.17) is 5.73 Å². The molecule has 22 heavy (non-hydrogen) atoms. The summed E-state index contributed by atoms with van der Waals surface area (Å²) in [5, 5.41) is 0. The van der Waals surface area contributed by atoms with E-state index in [1.807, 2.05) is 18.2 Å². The predicted molar refractivity (Wildman–Crippen MR) is 82.7 cm³/mol. The number of carbonyl (C=O) groups is 2. The second kappa shape index (κ2) is 7.36. The van der Waals surface area contributed by atoms with Crippen LogP contribution in [0.5, 0.6) is 0 Å². The number of anilines is 1. The van der Waals surface area contributed by atoms with Gasteiger partial charge in [0.05, 0.1) is 6.42 Å². The highest BCUT2D eigenvalue weighted by Gasteiger charge is 2.17. The zero-order valence-corrected chi connectivity index (χ0v) is 12.0. The summed E-state index contributed by atoms with van der Waals surface area (Å²) in [6.45, 7) is 0.202. The summed E-state index contributed by atoms with van der Waals surface area (Å²) in [6.07, 6.45) is 0.134. The highest BCUT2D eigenvalue weighted by Crippen LogP contribution is 2.16. The summed E-state index contributed by atoms with van der Waals surface area (Å²) < 4.78 is 13.2. The van der Waals surface area contributed by atoms with Gasteiger partial charge in [0.15, 0.2) is 0 Å². The predicted octanol–water partition coefficient (Wildman–Crippen LogP) is 2.28. The van der Waals surface area contributed by atoms with Gasteiger partial charge in [-0.15, -0.1) is 0 Å². The minimum absolute atomic E-state index is 0.0609. The van der Waals surface area contributed by atoms with Crippen molar-refractivity contribution < 1.29 is 14.0 Å². The van der Waals surface area contributed by atoms with E-state index in [9.17, 15) is 14.0 Å². The molecule has 0 atom stereocenters. The van der Waals surface area contributed by atoms with E-state index in [1.54, 1.807) is 24.3 Å². The fourth-order valence-corrected chi connectivity index (χ4v) is 2.14. The topological polar surface area (TPSA) is 63.4 Å². The number of carbonyl (C=O) groups excluding carboxylic acids is 2. The lowest BCUT2D eigenvalue weighted by molar-refractivity contribution is -0.118. The van der Waals surface area contributed by atoms with Crippen LogP contribution in [0, 0.1) is 5.82 Å². The molecule has 114 valence electrons. The number of halogens is 1. The van der Waals surface area contributed by atoms with Crippen molar-refractivity contribution in [1.82, 2.24) is 0 Å². The van der Waals surface area contributed by atoms with Gasteiger partial charge in [0.2, 0.25) is 11.8 Å². The van der Waals surface area contributed by atoms with Crippen molar-refractivity contribution in [3.8, 4) is 0 Å². The molecule has 0 spiro atoms. The van der Waals surface area contributed by atoms with Crippen LogP contribution in [0.1, 0.15) is 12.0 Å². The maximum Gasteiger partial charge on any atom is 0.231 e. The molecule has 0 radical (unpaired) electrons. The average Bonchev–Trinajstić information content (AvgIpc) is 2.48. The van der Waals surface area contributed by atoms with E-state index < -0.39 is 5.91 Å². The van der Waals surface area contributed by atoms with E-state index in [0.717, 1.165) is 0 Å². The largest absolute Gasteiger partial charge is 0.370 e. The van der Waals surface area contributed by atoms with Crippen LogP contribution in [0.25, 0.3) is 0 Å². The third kappa shape index (κ3) is 4.41. The first-order valence-electron chi connectivity index (χ1n) is 6.94. The summed E-state index contributed by atoms with van der Waals surface area (Å²) in [4.78, 5) is 25.0. The average molecular weight is 300 g/mol. The van der Waals surface area contributed by atoms with Gasteiger partial charge in [0.1, 0.15) is 5.82 Å². The van der Waals surface area contributed by atoms with Crippen LogP contribution in [0.3, 0.4) is 0 Å². The Hall–Kier alpha value is -2.69. The van der Waals surface area contributed by atoms with Crippen molar-refractivity contribution in [2.45, 2.75) is 12.8 Å². The van der Waals surface area contributed by atoms with Crippen molar-refractivity contribution in [1.29, 1.82) is 0 Å². The number of nitrogens with two attached hydrogens (primary N) is 1. The molecule has 0 aliphatic carbocycles. The Morgan fingerprint density at radius 3 is 2.41 bits per heavy atom. The van der Waals surface area contributed by atoms with Crippen LogP contribution in [0.2, 0.25) is 0 Å². The monoisotopic (exact) mass is 300 g/mol. The molecule has 0 aliphatic rings. The summed E-state index contributed by atoms with van der Waals surface area (Å²) in [7, 11) is 0. The number of primary amides is 1. The van der Waals surface area contributed by atoms with Crippen molar-refractivity contribution in [2.24, 2.45) is 5.73 Å². The van der Waals surface area contributed by atoms with Crippen LogP contribution in [-0.4, -0.2) is 18.4 Å². The van der Waals surface area contributed by atoms with E-state index in [2.05, 4.69) is 0 Å². The highest BCUT2D eigenvalue weighted by molar-refractivity contribution is 5.95. The second-order valence-corrected chi connectivity index (χ2v) is 4.90. The van der Waals surface area contributed by atoms with Crippen LogP contribution < -0.4 is 10.6 Å². The van der Waals surface area contributed by atoms with E-state index >= 15 is 0 Å². The standard InChI is InChI=1S/C17H17FN2O2/c18-14-6-4-5-13(11-14)12-17(22)20(10-9-16(19)21)15-7-2-1-3-8-15/h1-8,11H,9-10,12H2,(H2,19,21). The molecule has 0 aromatic heterocycles. The van der Waals surface area contributed by atoms with Crippen LogP contribution in [-0.2, 0) is 16.0 Å². The number of benzene rings is 2. The first-order chi connectivity index (χ1) is 10.6. The van der Waals surface area contributed by atoms with Gasteiger partial charge in [0, 0.05) is 18.7 Å². The molecule has 0 bridgehead atoms. The molecular weight excluding hydrogens is 283 g/mol. The smallest absolute Gasteiger partial charge is 0.231 e. The van der Waals surface area contributed by atoms with Crippen LogP contribution in [0.4, 0.5) is 10.1 Å². The molecule has 0 heterocycles. The SMILES string of the molecule is NC(=O)CCN(C(=O)Cc1cccc(F)c1)c1ccccc1. The Morgan fingerprint density at radius 1 is 1.05 bits per heavy atom. The van der Waals surface area contributed by atoms with Gasteiger partial charge in [-0.3, -0.25) is 9.59 Å². The zero-order valence-electron chi connectivity index (χ0n) is 12.0. The molecule has 0 unspecified atom stereocenters. The Kier molecular flexibility index (Phi) is 5.25. The van der Waals surface area contributed by atoms with E-state index in [1.165, 1.54) is 17.0 Å². The summed E-state index contributed by atoms with van der Waals surface area (Å²) in [6, 6.07) is 14.9. The lowest BCUT2D eigenvalue weighted by Crippen LogP contribution is -2.35. The number of rotatable bonds is 6. The maximum atomic E-state index is 13.2. The molecule has 0 saturated carbocycles. The molecule has 2 rings (SSSR count). The number of para-hydroxylation sites is 1. The number of hydrogen-bond donors (Lipinski definition) is 1. The first kappa shape index (κ1) is 15.7. The molecule has 0 saturated heterocycles. The molecule has 4 nitrogen and oxygen atoms in total. The Morgan fingerprint density at radius 2 is 1.77 bits per heavy atom. The Labute approximate surface area is 128 Å². The molecule has 0 aliphatic heterocycles. The van der Waals surface area contributed by atoms with Crippen molar-refractivity contribution in [3.05, 3.63) is 66.0 Å². The minimum Gasteiger partial charge on any atom is -0.370 e. The Bertz CT molecular complexity index is 659. The van der Waals surface area contributed by atoms with Gasteiger partial charge >= 0.3 is 0 Å². The molecule has 5 heteroatoms. The number of amides is 2. The second-order valence-electron chi connectivity index (χ2n) is 4.90. The van der Waals surface area contributed by atoms with Gasteiger partial charge in [-0.2, -0.15) is 0 Å². The number of nitrogens with zero attached hydrogens (tertiary/aromatic N) is 1. The fourth-order valence-electron chi connectivity index (χ4n) is 2.14. The van der Waals surface area contributed by atoms with Crippen molar-refractivity contribution in [2.75, 3.05) is 11.4 Å². The minimum atomic E-state index is -0.473. The van der Waals surface area contributed by atoms with Crippen molar-refractivity contribution in [3.63, 3.8) is 0 Å². The lowest BCUT2D eigenvalue weighted by Gasteiger charge is -2.22. The molecule has 2 aromatic carbocycles. The summed E-state index contributed by atoms with van der Waals surface area (Å²) in [5.74, 6) is -1.06. The molecule has 0 fully saturated rings. The van der Waals surface area contributed by atoms with Gasteiger partial charge in [-0.25, -0.2) is 4.39 Å². The maximum absolute atomic E-state index is 13.2. The lowest BCUT2D eigenvalue weighted by atomic mass is 10.1. The molecule has 2 aromatic rings. The van der Waals surface area contributed by atoms with Gasteiger partial charge in [-0.1, -0.05) is 30.3 Å². The van der Waals surface area contributed by atoms with Gasteiger partial charge < -0.3 is 10.6 Å². The van der Waals surface area contributed by atoms with Crippen LogP contribution >= 0.6 is 0 Å². The van der Waals surface area contributed by atoms with E-state index in [0.29, 0.717) is 11.3 Å². The van der Waals surface area contributed by atoms with Gasteiger partial charge in [0.25, 0.3) is 0 Å². The third-order valence-corrected chi connectivity index (χ3v) is 3.20. The quantitative estimate of drug-likeness (QED) is 0.889. The zero-order chi connectivity index (χ0) is 15.9. The van der Waals surface area contributed by atoms with Crippen LogP contribution in [0.15, 0.2) is 54.6 Å². The Balaban J connectivity index is 2.17. The fraction of sp³-hybridized carbons (Fsp3) is 0.176. The van der Waals surface area contributed by atoms with Crippen molar-refractivity contribution >= 4 is 17.5 Å². The first-order valence-corrected chi connectivity index (χ1v) is 6.94. The third-order valence-electron chi connectivity index (χ3n) is 3.20. The molecule has 2 amide bonds. The highest BCUT2D eigenvalue weighted by atomic mass is 19.1. The molecular formula is C17H17FN2O2. The number of hydrogen-bond acceptors (Lipinski definition) is 2. The van der Waals surface area contributed by atoms with E-state index in [-0.39, 0.29) is 31.1 Å². The summed E-state index contributed by atoms with van der Waals surface area (Å²) in [5.41, 5.74) is 6.44. The molecule has 2 N–H and O–H groups in total. The van der Waals surface area contributed by atoms with Gasteiger partial charge in [-0.05, 0) is 29.8 Å². The normalized spacial score (nSPS) is 10.2.